The largest absolute Gasteiger partial charge is 0.387 e. The van der Waals surface area contributed by atoms with Crippen molar-refractivity contribution in [2.45, 2.75) is 19.6 Å². The fraction of sp³-hybridized carbons (Fsp3) is 0.278. The van der Waals surface area contributed by atoms with E-state index in [0.717, 1.165) is 17.7 Å². The molecule has 0 spiro atoms. The molecule has 23 heavy (non-hydrogen) atoms. The van der Waals surface area contributed by atoms with Crippen molar-refractivity contribution in [1.82, 2.24) is 10.6 Å². The van der Waals surface area contributed by atoms with Crippen LogP contribution in [0.4, 0.5) is 0 Å². The Hall–Kier alpha value is -2.04. The number of aliphatic hydroxyl groups is 1. The summed E-state index contributed by atoms with van der Waals surface area (Å²) in [4.78, 5) is 4.53. The summed E-state index contributed by atoms with van der Waals surface area (Å²) < 4.78 is 0. The van der Waals surface area contributed by atoms with Crippen molar-refractivity contribution in [1.29, 1.82) is 0 Å². The highest BCUT2D eigenvalue weighted by Gasteiger charge is 2.08. The van der Waals surface area contributed by atoms with Crippen molar-refractivity contribution in [2.24, 2.45) is 4.99 Å². The van der Waals surface area contributed by atoms with Gasteiger partial charge in [-0.1, -0.05) is 54.1 Å². The summed E-state index contributed by atoms with van der Waals surface area (Å²) in [6.07, 6.45) is -0.618. The summed E-state index contributed by atoms with van der Waals surface area (Å²) in [6, 6.07) is 17.2. The third kappa shape index (κ3) is 5.93. The highest BCUT2D eigenvalue weighted by atomic mass is 35.5. The minimum Gasteiger partial charge on any atom is -0.387 e. The molecule has 0 aliphatic carbocycles. The molecule has 0 aliphatic heterocycles. The Balaban J connectivity index is 1.92. The normalized spacial score (nSPS) is 12.7. The molecular formula is C18H22ClN3O. The average molecular weight is 332 g/mol. The van der Waals surface area contributed by atoms with Gasteiger partial charge in [-0.25, -0.2) is 4.99 Å². The fourth-order valence-corrected chi connectivity index (χ4v) is 2.22. The zero-order chi connectivity index (χ0) is 16.5. The summed E-state index contributed by atoms with van der Waals surface area (Å²) in [5.74, 6) is 0.685. The number of nitrogens with zero attached hydrogens (tertiary/aromatic N) is 1. The van der Waals surface area contributed by atoms with Crippen LogP contribution in [0.5, 0.6) is 0 Å². The maximum absolute atomic E-state index is 10.2. The number of rotatable bonds is 6. The van der Waals surface area contributed by atoms with Crippen molar-refractivity contribution in [3.05, 3.63) is 70.7 Å². The summed E-state index contributed by atoms with van der Waals surface area (Å²) in [5.41, 5.74) is 1.96. The number of hydrogen-bond donors (Lipinski definition) is 3. The van der Waals surface area contributed by atoms with Gasteiger partial charge in [-0.15, -0.1) is 0 Å². The van der Waals surface area contributed by atoms with Gasteiger partial charge in [-0.2, -0.15) is 0 Å². The molecule has 0 aromatic heterocycles. The standard InChI is InChI=1S/C18H22ClN3O/c1-2-20-18(21-12-14-6-4-3-5-7-14)22-13-17(23)15-8-10-16(19)11-9-15/h3-11,17,23H,2,12-13H2,1H3,(H2,20,21,22). The summed E-state index contributed by atoms with van der Waals surface area (Å²) in [5, 5.41) is 17.2. The second-order valence-electron chi connectivity index (χ2n) is 5.13. The van der Waals surface area contributed by atoms with Gasteiger partial charge in [-0.05, 0) is 30.2 Å². The molecule has 4 nitrogen and oxygen atoms in total. The molecule has 1 unspecified atom stereocenters. The lowest BCUT2D eigenvalue weighted by Crippen LogP contribution is -2.39. The SMILES string of the molecule is CCNC(=NCc1ccccc1)NCC(O)c1ccc(Cl)cc1. The van der Waals surface area contributed by atoms with E-state index in [0.29, 0.717) is 24.1 Å². The number of halogens is 1. The number of aliphatic hydroxyl groups excluding tert-OH is 1. The zero-order valence-corrected chi connectivity index (χ0v) is 13.9. The van der Waals surface area contributed by atoms with E-state index in [1.165, 1.54) is 0 Å². The molecule has 2 rings (SSSR count). The van der Waals surface area contributed by atoms with Crippen LogP contribution in [0, 0.1) is 0 Å². The number of aliphatic imine (C=N–C) groups is 1. The van der Waals surface area contributed by atoms with E-state index < -0.39 is 6.10 Å². The van der Waals surface area contributed by atoms with Gasteiger partial charge in [0.25, 0.3) is 0 Å². The first-order valence-corrected chi connectivity index (χ1v) is 8.06. The Kier molecular flexibility index (Phi) is 6.91. The third-order valence-corrected chi connectivity index (χ3v) is 3.58. The van der Waals surface area contributed by atoms with Crippen LogP contribution in [-0.4, -0.2) is 24.2 Å². The topological polar surface area (TPSA) is 56.7 Å². The number of hydrogen-bond acceptors (Lipinski definition) is 2. The fourth-order valence-electron chi connectivity index (χ4n) is 2.09. The zero-order valence-electron chi connectivity index (χ0n) is 13.2. The van der Waals surface area contributed by atoms with Gasteiger partial charge in [0, 0.05) is 18.1 Å². The van der Waals surface area contributed by atoms with Gasteiger partial charge in [0.1, 0.15) is 0 Å². The number of guanidine groups is 1. The molecule has 0 radical (unpaired) electrons. The smallest absolute Gasteiger partial charge is 0.191 e. The van der Waals surface area contributed by atoms with E-state index in [-0.39, 0.29) is 0 Å². The van der Waals surface area contributed by atoms with E-state index in [2.05, 4.69) is 15.6 Å². The van der Waals surface area contributed by atoms with Crippen molar-refractivity contribution >= 4 is 17.6 Å². The van der Waals surface area contributed by atoms with Crippen molar-refractivity contribution in [3.63, 3.8) is 0 Å². The molecule has 1 atom stereocenters. The van der Waals surface area contributed by atoms with Crippen LogP contribution in [-0.2, 0) is 6.54 Å². The van der Waals surface area contributed by atoms with Gasteiger partial charge in [0.15, 0.2) is 5.96 Å². The van der Waals surface area contributed by atoms with Crippen molar-refractivity contribution < 1.29 is 5.11 Å². The Labute approximate surface area is 142 Å². The predicted molar refractivity (Wildman–Crippen MR) is 95.7 cm³/mol. The van der Waals surface area contributed by atoms with Gasteiger partial charge in [-0.3, -0.25) is 0 Å². The lowest BCUT2D eigenvalue weighted by molar-refractivity contribution is 0.181. The second kappa shape index (κ2) is 9.18. The van der Waals surface area contributed by atoms with Gasteiger partial charge >= 0.3 is 0 Å². The van der Waals surface area contributed by atoms with Crippen LogP contribution in [0.25, 0.3) is 0 Å². The first-order chi connectivity index (χ1) is 11.2. The highest BCUT2D eigenvalue weighted by molar-refractivity contribution is 6.30. The lowest BCUT2D eigenvalue weighted by Gasteiger charge is -2.15. The molecule has 2 aromatic carbocycles. The van der Waals surface area contributed by atoms with Crippen LogP contribution in [0.2, 0.25) is 5.02 Å². The quantitative estimate of drug-likeness (QED) is 0.563. The minimum atomic E-state index is -0.618. The number of nitrogens with one attached hydrogen (secondary N) is 2. The van der Waals surface area contributed by atoms with Crippen LogP contribution >= 0.6 is 11.6 Å². The van der Waals surface area contributed by atoms with Crippen LogP contribution in [0.1, 0.15) is 24.2 Å². The monoisotopic (exact) mass is 331 g/mol. The van der Waals surface area contributed by atoms with E-state index in [1.807, 2.05) is 49.4 Å². The molecule has 0 amide bonds. The molecule has 0 aliphatic rings. The average Bonchev–Trinajstić information content (AvgIpc) is 2.58. The van der Waals surface area contributed by atoms with E-state index >= 15 is 0 Å². The van der Waals surface area contributed by atoms with Crippen molar-refractivity contribution in [2.75, 3.05) is 13.1 Å². The Morgan fingerprint density at radius 1 is 1.09 bits per heavy atom. The Morgan fingerprint density at radius 2 is 1.78 bits per heavy atom. The Bertz CT molecular complexity index is 614. The molecular weight excluding hydrogens is 310 g/mol. The minimum absolute atomic E-state index is 0.377. The molecule has 5 heteroatoms. The lowest BCUT2D eigenvalue weighted by atomic mass is 10.1. The van der Waals surface area contributed by atoms with Crippen molar-refractivity contribution in [3.8, 4) is 0 Å². The molecule has 0 fully saturated rings. The van der Waals surface area contributed by atoms with E-state index in [9.17, 15) is 5.11 Å². The third-order valence-electron chi connectivity index (χ3n) is 3.32. The molecule has 2 aromatic rings. The molecule has 3 N–H and O–H groups in total. The van der Waals surface area contributed by atoms with Crippen LogP contribution in [0.15, 0.2) is 59.6 Å². The van der Waals surface area contributed by atoms with Crippen LogP contribution in [0.3, 0.4) is 0 Å². The summed E-state index contributed by atoms with van der Waals surface area (Å²) in [6.45, 7) is 3.74. The first kappa shape index (κ1) is 17.3. The van der Waals surface area contributed by atoms with Gasteiger partial charge in [0.05, 0.1) is 12.6 Å². The maximum Gasteiger partial charge on any atom is 0.191 e. The summed E-state index contributed by atoms with van der Waals surface area (Å²) in [7, 11) is 0. The molecule has 0 saturated heterocycles. The predicted octanol–water partition coefficient (Wildman–Crippen LogP) is 3.13. The van der Waals surface area contributed by atoms with Gasteiger partial charge in [0.2, 0.25) is 0 Å². The van der Waals surface area contributed by atoms with E-state index in [1.54, 1.807) is 12.1 Å². The Morgan fingerprint density at radius 3 is 2.43 bits per heavy atom. The number of benzene rings is 2. The molecule has 122 valence electrons. The maximum atomic E-state index is 10.2. The van der Waals surface area contributed by atoms with Gasteiger partial charge < -0.3 is 15.7 Å². The summed E-state index contributed by atoms with van der Waals surface area (Å²) >= 11 is 5.86. The second-order valence-corrected chi connectivity index (χ2v) is 5.57. The molecule has 0 heterocycles. The first-order valence-electron chi connectivity index (χ1n) is 7.68. The van der Waals surface area contributed by atoms with E-state index in [4.69, 9.17) is 11.6 Å². The van der Waals surface area contributed by atoms with Crippen LogP contribution < -0.4 is 10.6 Å². The highest BCUT2D eigenvalue weighted by Crippen LogP contribution is 2.15. The molecule has 0 saturated carbocycles. The molecule has 0 bridgehead atoms.